The number of fused-ring (bicyclic) bond motifs is 1. The van der Waals surface area contributed by atoms with Gasteiger partial charge in [0.15, 0.2) is 11.5 Å². The van der Waals surface area contributed by atoms with E-state index in [2.05, 4.69) is 5.32 Å². The summed E-state index contributed by atoms with van der Waals surface area (Å²) in [5, 5.41) is 14.7. The Morgan fingerprint density at radius 3 is 2.42 bits per heavy atom. The van der Waals surface area contributed by atoms with Gasteiger partial charge in [0.1, 0.15) is 29.9 Å². The Labute approximate surface area is 246 Å². The number of likely N-dealkylation sites (N-methyl/N-ethyl adjacent to an activating group) is 1. The number of anilines is 2. The number of nitro benzene ring substituents is 1. The highest BCUT2D eigenvalue weighted by Gasteiger charge is 2.39. The normalized spacial score (nSPS) is 13.5. The molecule has 1 aromatic heterocycles. The number of ether oxygens (including phenoxy) is 4. The third-order valence-corrected chi connectivity index (χ3v) is 7.07. The van der Waals surface area contributed by atoms with Gasteiger partial charge in [0.2, 0.25) is 0 Å². The third kappa shape index (κ3) is 5.54. The summed E-state index contributed by atoms with van der Waals surface area (Å²) >= 11 is 0. The number of rotatable bonds is 9. The second-order valence-electron chi connectivity index (χ2n) is 10.2. The number of benzene rings is 3. The van der Waals surface area contributed by atoms with Crippen LogP contribution in [0, 0.1) is 10.1 Å². The van der Waals surface area contributed by atoms with Gasteiger partial charge in [0.05, 0.1) is 48.4 Å². The van der Waals surface area contributed by atoms with E-state index in [1.807, 2.05) is 12.1 Å². The Kier molecular flexibility index (Phi) is 7.68. The molecule has 0 fully saturated rings. The highest BCUT2D eigenvalue weighted by atomic mass is 16.6. The smallest absolute Gasteiger partial charge is 0.346 e. The summed E-state index contributed by atoms with van der Waals surface area (Å²) in [5.41, 5.74) is 2.40. The van der Waals surface area contributed by atoms with Crippen LogP contribution in [-0.4, -0.2) is 43.6 Å². The number of esters is 1. The Balaban J connectivity index is 1.60. The van der Waals surface area contributed by atoms with Crippen molar-refractivity contribution in [1.29, 1.82) is 0 Å². The maximum absolute atomic E-state index is 13.3. The van der Waals surface area contributed by atoms with E-state index in [-0.39, 0.29) is 35.3 Å². The highest BCUT2D eigenvalue weighted by Crippen LogP contribution is 2.45. The number of carbonyl (C=O) groups excluding carboxylic acids is 2. The van der Waals surface area contributed by atoms with Gasteiger partial charge in [-0.05, 0) is 49.7 Å². The molecule has 1 aliphatic heterocycles. The summed E-state index contributed by atoms with van der Waals surface area (Å²) in [5.74, 6) is 0.351. The number of hydrogen-bond acceptors (Lipinski definition) is 10. The summed E-state index contributed by atoms with van der Waals surface area (Å²) < 4.78 is 27.7. The first kappa shape index (κ1) is 29.0. The van der Waals surface area contributed by atoms with Gasteiger partial charge in [0, 0.05) is 30.3 Å². The molecule has 3 aromatic carbocycles. The molecule has 0 bridgehead atoms. The Bertz CT molecular complexity index is 1710. The van der Waals surface area contributed by atoms with Gasteiger partial charge in [0.25, 0.3) is 11.6 Å². The minimum absolute atomic E-state index is 0.0872. The van der Waals surface area contributed by atoms with E-state index in [0.29, 0.717) is 39.6 Å². The Morgan fingerprint density at radius 2 is 1.74 bits per heavy atom. The molecule has 0 radical (unpaired) electrons. The van der Waals surface area contributed by atoms with Crippen LogP contribution < -0.4 is 29.2 Å². The summed E-state index contributed by atoms with van der Waals surface area (Å²) in [6.07, 6.45) is 2.66. The molecule has 2 heterocycles. The van der Waals surface area contributed by atoms with E-state index in [4.69, 9.17) is 23.4 Å². The summed E-state index contributed by atoms with van der Waals surface area (Å²) in [4.78, 5) is 38.3. The number of carbonyl (C=O) groups is 2. The van der Waals surface area contributed by atoms with Crippen LogP contribution in [0.3, 0.4) is 0 Å². The van der Waals surface area contributed by atoms with Crippen LogP contribution in [-0.2, 0) is 11.4 Å². The largest absolute Gasteiger partial charge is 0.496 e. The molecule has 43 heavy (non-hydrogen) atoms. The van der Waals surface area contributed by atoms with Crippen LogP contribution in [0.2, 0.25) is 0 Å². The Hall–Kier alpha value is -5.52. The number of nitrogens with zero attached hydrogens (tertiary/aromatic N) is 2. The van der Waals surface area contributed by atoms with E-state index < -0.39 is 16.4 Å². The minimum Gasteiger partial charge on any atom is -0.496 e. The van der Waals surface area contributed by atoms with Gasteiger partial charge in [-0.1, -0.05) is 6.07 Å². The van der Waals surface area contributed by atoms with Gasteiger partial charge >= 0.3 is 5.97 Å². The quantitative estimate of drug-likeness (QED) is 0.110. The third-order valence-electron chi connectivity index (χ3n) is 7.07. The molecule has 0 saturated heterocycles. The van der Waals surface area contributed by atoms with E-state index in [9.17, 15) is 19.7 Å². The lowest BCUT2D eigenvalue weighted by Gasteiger charge is -2.39. The Morgan fingerprint density at radius 1 is 1.00 bits per heavy atom. The number of hydrogen-bond donors (Lipinski definition) is 1. The van der Waals surface area contributed by atoms with Crippen molar-refractivity contribution < 1.29 is 37.9 Å². The molecule has 0 saturated carbocycles. The molecule has 4 aromatic rings. The fraction of sp³-hybridized carbons (Fsp3) is 0.226. The van der Waals surface area contributed by atoms with E-state index in [0.717, 1.165) is 0 Å². The predicted octanol–water partition coefficient (Wildman–Crippen LogP) is 5.84. The number of amides is 1. The van der Waals surface area contributed by atoms with Crippen LogP contribution in [0.5, 0.6) is 23.0 Å². The van der Waals surface area contributed by atoms with Gasteiger partial charge in [-0.15, -0.1) is 0 Å². The van der Waals surface area contributed by atoms with Crippen LogP contribution >= 0.6 is 0 Å². The minimum atomic E-state index is -0.858. The second-order valence-corrected chi connectivity index (χ2v) is 10.2. The van der Waals surface area contributed by atoms with E-state index >= 15 is 0 Å². The second kappa shape index (κ2) is 11.4. The fourth-order valence-electron chi connectivity index (χ4n) is 4.98. The molecule has 12 nitrogen and oxygen atoms in total. The molecule has 0 aliphatic carbocycles. The lowest BCUT2D eigenvalue weighted by molar-refractivity contribution is -0.385. The fourth-order valence-corrected chi connectivity index (χ4v) is 4.98. The van der Waals surface area contributed by atoms with Crippen molar-refractivity contribution in [3.8, 4) is 34.1 Å². The number of non-ortho nitro benzene ring substituents is 1. The van der Waals surface area contributed by atoms with Gasteiger partial charge < -0.3 is 33.6 Å². The van der Waals surface area contributed by atoms with Crippen LogP contribution in [0.15, 0.2) is 71.5 Å². The maximum atomic E-state index is 13.3. The topological polar surface area (TPSA) is 143 Å². The van der Waals surface area contributed by atoms with Crippen molar-refractivity contribution in [1.82, 2.24) is 0 Å². The average molecular weight is 588 g/mol. The molecule has 0 atom stereocenters. The van der Waals surface area contributed by atoms with Crippen molar-refractivity contribution in [3.63, 3.8) is 0 Å². The van der Waals surface area contributed by atoms with E-state index in [1.165, 1.54) is 51.0 Å². The molecule has 0 spiro atoms. The van der Waals surface area contributed by atoms with Crippen LogP contribution in [0.1, 0.15) is 29.8 Å². The molecular formula is C31H29N3O9. The van der Waals surface area contributed by atoms with E-state index in [1.54, 1.807) is 44.0 Å². The van der Waals surface area contributed by atoms with Crippen molar-refractivity contribution in [2.75, 3.05) is 31.5 Å². The van der Waals surface area contributed by atoms with Gasteiger partial charge in [-0.2, -0.15) is 0 Å². The number of methoxy groups -OCH3 is 2. The van der Waals surface area contributed by atoms with Crippen molar-refractivity contribution in [3.05, 3.63) is 88.4 Å². The van der Waals surface area contributed by atoms with Crippen LogP contribution in [0.4, 0.5) is 17.1 Å². The number of nitrogens with one attached hydrogen (secondary N) is 1. The zero-order valence-corrected chi connectivity index (χ0v) is 24.1. The van der Waals surface area contributed by atoms with Crippen molar-refractivity contribution in [2.24, 2.45) is 0 Å². The van der Waals surface area contributed by atoms with Crippen LogP contribution in [0.25, 0.3) is 11.1 Å². The lowest BCUT2D eigenvalue weighted by atomic mass is 9.91. The molecule has 1 N–H and O–H groups in total. The highest BCUT2D eigenvalue weighted by molar-refractivity contribution is 6.08. The summed E-state index contributed by atoms with van der Waals surface area (Å²) in [7, 11) is 4.61. The van der Waals surface area contributed by atoms with Crippen molar-refractivity contribution >= 4 is 28.9 Å². The molecule has 222 valence electrons. The zero-order valence-electron chi connectivity index (χ0n) is 24.1. The molecule has 1 aliphatic rings. The van der Waals surface area contributed by atoms with Gasteiger partial charge in [-0.25, -0.2) is 4.79 Å². The average Bonchev–Trinajstić information content (AvgIpc) is 3.54. The summed E-state index contributed by atoms with van der Waals surface area (Å²) in [6, 6.07) is 14.2. The SMILES string of the molecule is COc1ccc([N+](=O)[O-])cc1OCc1c(-c2ccc(OC(=O)c3ccoc3)cc2OC)ccc2c1N(C)C(=O)C(C)(C)N2. The molecule has 0 unspecified atom stereocenters. The predicted molar refractivity (Wildman–Crippen MR) is 157 cm³/mol. The molecular weight excluding hydrogens is 558 g/mol. The van der Waals surface area contributed by atoms with Crippen molar-refractivity contribution in [2.45, 2.75) is 26.0 Å². The standard InChI is InChI=1S/C31H29N3O9/c1-31(2)30(36)33(3)28-23(17-42-27-14-19(34(37)38)6-11-25(27)39-4)21(9-10-24(28)32-31)22-8-7-20(15-26(22)40-5)43-29(35)18-12-13-41-16-18/h6-16,32H,17H2,1-5H3. The number of nitro groups is 1. The summed E-state index contributed by atoms with van der Waals surface area (Å²) in [6.45, 7) is 3.49. The number of furan rings is 1. The zero-order chi connectivity index (χ0) is 30.9. The lowest BCUT2D eigenvalue weighted by Crippen LogP contribution is -2.52. The molecule has 1 amide bonds. The maximum Gasteiger partial charge on any atom is 0.346 e. The van der Waals surface area contributed by atoms with Gasteiger partial charge in [-0.3, -0.25) is 14.9 Å². The molecule has 5 rings (SSSR count). The molecule has 12 heteroatoms. The first-order chi connectivity index (χ1) is 20.5. The monoisotopic (exact) mass is 587 g/mol. The first-order valence-electron chi connectivity index (χ1n) is 13.1. The first-order valence-corrected chi connectivity index (χ1v) is 13.1.